The molecule has 0 heterocycles. The van der Waals surface area contributed by atoms with Crippen molar-refractivity contribution in [2.24, 2.45) is 170 Å². The van der Waals surface area contributed by atoms with E-state index < -0.39 is 0 Å². The first-order valence-corrected chi connectivity index (χ1v) is 17.3. The Hall–Kier alpha value is 0. The van der Waals surface area contributed by atoms with Gasteiger partial charge in [0.1, 0.15) is 0 Å². The SMILES string of the molecule is CC12C34C5C6CC7C8C9CC%10C%11C%12C%13C%14CC%15C%16C%17CC%18C5C15C%17%18C%161C%15%14C%13%14C%12%13C%11%12C9%10C8(C763)C4%12C2%13C15%14. The van der Waals surface area contributed by atoms with Crippen molar-refractivity contribution in [1.29, 1.82) is 0 Å². The topological polar surface area (TPSA) is 0 Å². The molecular formula is C35H26. The molecule has 23 rings (SSSR count). The van der Waals surface area contributed by atoms with Crippen LogP contribution in [-0.4, -0.2) is 0 Å². The van der Waals surface area contributed by atoms with Gasteiger partial charge >= 0.3 is 0 Å². The highest BCUT2D eigenvalue weighted by Gasteiger charge is 3.57. The van der Waals surface area contributed by atoms with Gasteiger partial charge in [-0.15, -0.1) is 0 Å². The molecule has 0 aromatic rings. The van der Waals surface area contributed by atoms with Crippen LogP contribution in [0.5, 0.6) is 0 Å². The minimum Gasteiger partial charge on any atom is -0.0579 e. The molecule has 0 bridgehead atoms. The van der Waals surface area contributed by atoms with E-state index in [2.05, 4.69) is 6.92 Å². The summed E-state index contributed by atoms with van der Waals surface area (Å²) in [6.07, 6.45) is 7.21. The predicted octanol–water partition coefficient (Wildman–Crippen LogP) is 3.92. The van der Waals surface area contributed by atoms with Crippen LogP contribution in [-0.2, 0) is 0 Å². The van der Waals surface area contributed by atoms with Gasteiger partial charge in [0.05, 0.1) is 0 Å². The number of fused-ring (bicyclic) bond motifs is 11. The van der Waals surface area contributed by atoms with Crippen LogP contribution in [0, 0.1) is 170 Å². The van der Waals surface area contributed by atoms with Crippen LogP contribution in [0.1, 0.15) is 32.6 Å². The zero-order valence-electron chi connectivity index (χ0n) is 20.0. The molecule has 0 saturated heterocycles. The van der Waals surface area contributed by atoms with Gasteiger partial charge in [-0.3, -0.25) is 0 Å². The van der Waals surface area contributed by atoms with Crippen LogP contribution in [0.2, 0.25) is 0 Å². The summed E-state index contributed by atoms with van der Waals surface area (Å²) in [4.78, 5) is 0. The Bertz CT molecular complexity index is 1840. The molecule has 0 radical (unpaired) electrons. The van der Waals surface area contributed by atoms with Crippen molar-refractivity contribution >= 4 is 0 Å². The largest absolute Gasteiger partial charge is 0.0579 e. The number of rotatable bonds is 0. The van der Waals surface area contributed by atoms with Crippen molar-refractivity contribution in [2.45, 2.75) is 32.6 Å². The first-order valence-electron chi connectivity index (χ1n) is 17.3. The van der Waals surface area contributed by atoms with E-state index in [1.807, 2.05) is 0 Å². The van der Waals surface area contributed by atoms with Gasteiger partial charge in [-0.05, 0) is 196 Å². The fourth-order valence-corrected chi connectivity index (χ4v) is 35.9. The molecular weight excluding hydrogens is 420 g/mol. The van der Waals surface area contributed by atoms with E-state index in [0.717, 1.165) is 81.2 Å². The third-order valence-corrected chi connectivity index (χ3v) is 28.9. The molecule has 0 nitrogen and oxygen atoms in total. The van der Waals surface area contributed by atoms with E-state index in [-0.39, 0.29) is 0 Å². The van der Waals surface area contributed by atoms with Crippen molar-refractivity contribution in [3.05, 3.63) is 0 Å². The van der Waals surface area contributed by atoms with Gasteiger partial charge in [0, 0.05) is 0 Å². The molecule has 0 N–H and O–H groups in total. The summed E-state index contributed by atoms with van der Waals surface area (Å²) in [6, 6.07) is 0. The Labute approximate surface area is 202 Å². The Balaban J connectivity index is 1.07. The minimum atomic E-state index is 0.965. The van der Waals surface area contributed by atoms with Gasteiger partial charge in [-0.2, -0.15) is 0 Å². The molecule has 26 atom stereocenters. The first kappa shape index (κ1) is 12.5. The quantitative estimate of drug-likeness (QED) is 0.529. The lowest BCUT2D eigenvalue weighted by atomic mass is 8.49. The zero-order chi connectivity index (χ0) is 20.0. The molecule has 0 aromatic carbocycles. The second-order valence-corrected chi connectivity index (χ2v) is 22.0. The van der Waals surface area contributed by atoms with Crippen molar-refractivity contribution in [3.63, 3.8) is 0 Å². The third kappa shape index (κ3) is 0.287. The number of hydrogen-bond donors (Lipinski definition) is 0. The van der Waals surface area contributed by atoms with E-state index in [1.54, 1.807) is 25.7 Å². The highest BCUT2D eigenvalue weighted by Crippen LogP contribution is 3.59. The molecule has 0 heteroatoms. The van der Waals surface area contributed by atoms with Crippen LogP contribution in [0.4, 0.5) is 0 Å². The molecule has 23 saturated carbocycles. The van der Waals surface area contributed by atoms with E-state index in [9.17, 15) is 0 Å². The maximum atomic E-state index is 3.22. The standard InChI is InChI=1S/C35H26/c1-21-26-16-10-2-6-14-8-4-12-18-20-19-13-5-9-15-7-3-11-17(16)27(21)23(7,11)29(15)25(9,13)31(19)32(20)30(18)24(8,12)28(14,22(6,10)26)34(26,30)33(21,32)35(27,29)31/h6-20H,2-5H2,1H3. The molecule has 0 aliphatic heterocycles. The molecule has 23 aliphatic carbocycles. The molecule has 26 unspecified atom stereocenters. The van der Waals surface area contributed by atoms with Gasteiger partial charge in [0.2, 0.25) is 0 Å². The Morgan fingerprint density at radius 3 is 1.17 bits per heavy atom. The van der Waals surface area contributed by atoms with Crippen molar-refractivity contribution in [3.8, 4) is 0 Å². The summed E-state index contributed by atoms with van der Waals surface area (Å²) in [6.45, 7) is 3.22. The normalized spacial score (nSPS) is 131. The number of hydrogen-bond acceptors (Lipinski definition) is 0. The summed E-state index contributed by atoms with van der Waals surface area (Å²) in [5.41, 5.74) is 16.1. The third-order valence-electron chi connectivity index (χ3n) is 28.9. The van der Waals surface area contributed by atoms with Gasteiger partial charge in [-0.25, -0.2) is 0 Å². The molecule has 35 heavy (non-hydrogen) atoms. The van der Waals surface area contributed by atoms with E-state index in [4.69, 9.17) is 0 Å². The van der Waals surface area contributed by atoms with Crippen LogP contribution in [0.15, 0.2) is 0 Å². The maximum Gasteiger partial charge on any atom is -0.00112 e. The van der Waals surface area contributed by atoms with Crippen molar-refractivity contribution in [1.82, 2.24) is 0 Å². The lowest BCUT2D eigenvalue weighted by Gasteiger charge is -3.54. The molecule has 0 aromatic heterocycles. The Kier molecular flexibility index (Phi) is 0.682. The van der Waals surface area contributed by atoms with E-state index in [1.165, 1.54) is 88.8 Å². The molecule has 23 aliphatic rings. The second-order valence-electron chi connectivity index (χ2n) is 22.0. The monoisotopic (exact) mass is 446 g/mol. The molecule has 23 fully saturated rings. The maximum absolute atomic E-state index is 3.22. The van der Waals surface area contributed by atoms with Gasteiger partial charge in [-0.1, -0.05) is 6.92 Å². The fourth-order valence-electron chi connectivity index (χ4n) is 35.9. The van der Waals surface area contributed by atoms with Gasteiger partial charge < -0.3 is 0 Å². The van der Waals surface area contributed by atoms with Gasteiger partial charge in [0.25, 0.3) is 0 Å². The van der Waals surface area contributed by atoms with Gasteiger partial charge in [0.15, 0.2) is 0 Å². The average molecular weight is 447 g/mol. The van der Waals surface area contributed by atoms with Crippen molar-refractivity contribution < 1.29 is 0 Å². The van der Waals surface area contributed by atoms with Crippen LogP contribution < -0.4 is 0 Å². The average Bonchev–Trinajstić information content (AvgIpc) is 2.83. The summed E-state index contributed by atoms with van der Waals surface area (Å²) >= 11 is 0. The lowest BCUT2D eigenvalue weighted by Crippen LogP contribution is -3.52. The molecule has 166 valence electrons. The highest BCUT2D eigenvalue weighted by molar-refractivity contribution is 6.02. The fraction of sp³-hybridized carbons (Fsp3) is 1.00. The van der Waals surface area contributed by atoms with Crippen LogP contribution >= 0.6 is 0 Å². The van der Waals surface area contributed by atoms with Crippen molar-refractivity contribution in [2.75, 3.05) is 0 Å². The Morgan fingerprint density at radius 2 is 0.714 bits per heavy atom. The van der Waals surface area contributed by atoms with Crippen LogP contribution in [0.3, 0.4) is 0 Å². The summed E-state index contributed by atoms with van der Waals surface area (Å²) in [7, 11) is 0. The summed E-state index contributed by atoms with van der Waals surface area (Å²) in [5.74, 6) is 20.2. The smallest absolute Gasteiger partial charge is 0.00112 e. The molecule has 0 amide bonds. The lowest BCUT2D eigenvalue weighted by molar-refractivity contribution is -1.09. The molecule has 14 spiro atoms. The Morgan fingerprint density at radius 1 is 0.343 bits per heavy atom. The second kappa shape index (κ2) is 1.92. The predicted molar refractivity (Wildman–Crippen MR) is 113 cm³/mol. The first-order chi connectivity index (χ1) is 17.3. The summed E-state index contributed by atoms with van der Waals surface area (Å²) < 4.78 is 0. The zero-order valence-corrected chi connectivity index (χ0v) is 20.0. The van der Waals surface area contributed by atoms with Crippen LogP contribution in [0.25, 0.3) is 0 Å². The highest BCUT2D eigenvalue weighted by atomic mass is 15.6. The van der Waals surface area contributed by atoms with E-state index in [0.29, 0.717) is 0 Å². The van der Waals surface area contributed by atoms with E-state index >= 15 is 0 Å². The minimum absolute atomic E-state index is 0.965. The summed E-state index contributed by atoms with van der Waals surface area (Å²) in [5, 5.41) is 0.